The van der Waals surface area contributed by atoms with Gasteiger partial charge in [0, 0.05) is 44.8 Å². The van der Waals surface area contributed by atoms with Gasteiger partial charge in [0.05, 0.1) is 12.3 Å². The zero-order chi connectivity index (χ0) is 29.5. The van der Waals surface area contributed by atoms with Gasteiger partial charge >= 0.3 is 0 Å². The molecule has 0 aliphatic carbocycles. The van der Waals surface area contributed by atoms with Gasteiger partial charge in [-0.15, -0.1) is 0 Å². The number of nitrogens with zero attached hydrogens (tertiary/aromatic N) is 1. The maximum atomic E-state index is 13.6. The Hall–Kier alpha value is -3.24. The minimum atomic E-state index is -3.06. The van der Waals surface area contributed by atoms with E-state index in [1.807, 2.05) is 18.2 Å². The second-order valence-corrected chi connectivity index (χ2v) is 10.7. The SMILES string of the molecule is COCC(F)(F)COCc1ccc(C2(O)CCNCC2c2ccc(-c3ccccc3CCNC(C)=O)cc2C)cn1. The lowest BCUT2D eigenvalue weighted by atomic mass is 9.72. The van der Waals surface area contributed by atoms with Crippen molar-refractivity contribution in [3.63, 3.8) is 0 Å². The normalized spacial score (nSPS) is 19.2. The molecule has 3 N–H and O–H groups in total. The van der Waals surface area contributed by atoms with E-state index < -0.39 is 24.7 Å². The lowest BCUT2D eigenvalue weighted by Gasteiger charge is -2.41. The smallest absolute Gasteiger partial charge is 0.293 e. The Bertz CT molecular complexity index is 1320. The van der Waals surface area contributed by atoms with Gasteiger partial charge in [-0.05, 0) is 60.2 Å². The minimum Gasteiger partial charge on any atom is -0.384 e. The summed E-state index contributed by atoms with van der Waals surface area (Å²) >= 11 is 0. The first-order valence-electron chi connectivity index (χ1n) is 13.9. The van der Waals surface area contributed by atoms with Crippen LogP contribution in [-0.4, -0.2) is 61.9 Å². The number of pyridine rings is 1. The van der Waals surface area contributed by atoms with Crippen LogP contribution in [0, 0.1) is 6.92 Å². The summed E-state index contributed by atoms with van der Waals surface area (Å²) in [5, 5.41) is 18.3. The van der Waals surface area contributed by atoms with E-state index in [2.05, 4.69) is 57.6 Å². The molecule has 2 aromatic carbocycles. The number of alkyl halides is 2. The topological polar surface area (TPSA) is 92.7 Å². The van der Waals surface area contributed by atoms with Crippen molar-refractivity contribution in [1.82, 2.24) is 15.6 Å². The number of amides is 1. The molecule has 0 bridgehead atoms. The van der Waals surface area contributed by atoms with Crippen molar-refractivity contribution in [3.05, 3.63) is 88.7 Å². The first-order chi connectivity index (χ1) is 19.6. The molecule has 1 amide bonds. The molecule has 220 valence electrons. The molecular weight excluding hydrogens is 528 g/mol. The van der Waals surface area contributed by atoms with Crippen molar-refractivity contribution in [2.24, 2.45) is 0 Å². The summed E-state index contributed by atoms with van der Waals surface area (Å²) in [6.45, 7) is 3.90. The van der Waals surface area contributed by atoms with Crippen LogP contribution in [0.2, 0.25) is 0 Å². The number of carbonyl (C=O) groups is 1. The maximum Gasteiger partial charge on any atom is 0.293 e. The molecule has 7 nitrogen and oxygen atoms in total. The van der Waals surface area contributed by atoms with E-state index in [9.17, 15) is 18.7 Å². The van der Waals surface area contributed by atoms with E-state index in [-0.39, 0.29) is 18.4 Å². The van der Waals surface area contributed by atoms with Gasteiger partial charge in [-0.25, -0.2) is 8.78 Å². The third-order valence-corrected chi connectivity index (χ3v) is 7.59. The van der Waals surface area contributed by atoms with Gasteiger partial charge in [0.25, 0.3) is 5.92 Å². The largest absolute Gasteiger partial charge is 0.384 e. The van der Waals surface area contributed by atoms with E-state index in [1.54, 1.807) is 12.3 Å². The number of halogens is 2. The second-order valence-electron chi connectivity index (χ2n) is 10.7. The third-order valence-electron chi connectivity index (χ3n) is 7.59. The second kappa shape index (κ2) is 13.6. The summed E-state index contributed by atoms with van der Waals surface area (Å²) in [4.78, 5) is 15.7. The molecule has 1 aliphatic heterocycles. The van der Waals surface area contributed by atoms with E-state index in [0.29, 0.717) is 37.3 Å². The Morgan fingerprint density at radius 2 is 2.00 bits per heavy atom. The van der Waals surface area contributed by atoms with Gasteiger partial charge in [0.15, 0.2) is 0 Å². The molecule has 41 heavy (non-hydrogen) atoms. The summed E-state index contributed by atoms with van der Waals surface area (Å²) in [6, 6.07) is 18.0. The number of aryl methyl sites for hydroxylation is 1. The van der Waals surface area contributed by atoms with Crippen LogP contribution in [0.3, 0.4) is 0 Å². The van der Waals surface area contributed by atoms with Crippen LogP contribution in [0.15, 0.2) is 60.8 Å². The Morgan fingerprint density at radius 1 is 1.20 bits per heavy atom. The zero-order valence-electron chi connectivity index (χ0n) is 23.9. The summed E-state index contributed by atoms with van der Waals surface area (Å²) in [7, 11) is 1.22. The number of hydrogen-bond donors (Lipinski definition) is 3. The number of aromatic nitrogens is 1. The number of ether oxygens (including phenoxy) is 2. The number of piperidine rings is 1. The quantitative estimate of drug-likeness (QED) is 0.299. The zero-order valence-corrected chi connectivity index (χ0v) is 23.9. The van der Waals surface area contributed by atoms with Crippen molar-refractivity contribution < 1.29 is 28.2 Å². The van der Waals surface area contributed by atoms with E-state index >= 15 is 0 Å². The predicted octanol–water partition coefficient (Wildman–Crippen LogP) is 4.50. The van der Waals surface area contributed by atoms with Crippen molar-refractivity contribution in [1.29, 1.82) is 0 Å². The molecule has 4 rings (SSSR count). The number of rotatable bonds is 12. The number of nitrogens with one attached hydrogen (secondary N) is 2. The molecule has 1 fully saturated rings. The molecule has 3 aromatic rings. The molecule has 9 heteroatoms. The van der Waals surface area contributed by atoms with Crippen molar-refractivity contribution in [3.8, 4) is 11.1 Å². The number of carbonyl (C=O) groups excluding carboxylic acids is 1. The maximum absolute atomic E-state index is 13.6. The average Bonchev–Trinajstić information content (AvgIpc) is 2.94. The molecule has 1 aromatic heterocycles. The standard InChI is InChI=1S/C32H39F2N3O4/c1-22-16-25(29-7-5-4-6-24(29)12-14-36-23(2)38)8-11-28(22)30-18-35-15-13-32(30,39)26-9-10-27(37-17-26)19-41-21-31(33,34)20-40-3/h4-11,16-17,30,35,39H,12-15,18-21H2,1-3H3,(H,36,38). The third kappa shape index (κ3) is 7.74. The van der Waals surface area contributed by atoms with Crippen LogP contribution in [0.4, 0.5) is 8.78 Å². The summed E-state index contributed by atoms with van der Waals surface area (Å²) in [5.41, 5.74) is 5.52. The fraction of sp³-hybridized carbons (Fsp3) is 0.438. The Labute approximate surface area is 240 Å². The molecule has 2 heterocycles. The monoisotopic (exact) mass is 567 g/mol. The van der Waals surface area contributed by atoms with Gasteiger partial charge in [-0.1, -0.05) is 48.5 Å². The van der Waals surface area contributed by atoms with Crippen molar-refractivity contribution >= 4 is 5.91 Å². The fourth-order valence-electron chi connectivity index (χ4n) is 5.53. The highest BCUT2D eigenvalue weighted by Crippen LogP contribution is 2.43. The molecule has 2 atom stereocenters. The van der Waals surface area contributed by atoms with Gasteiger partial charge in [0.2, 0.25) is 5.91 Å². The molecular formula is C32H39F2N3O4. The molecule has 1 aliphatic rings. The van der Waals surface area contributed by atoms with Crippen LogP contribution in [0.1, 0.15) is 47.2 Å². The predicted molar refractivity (Wildman–Crippen MR) is 154 cm³/mol. The molecule has 0 radical (unpaired) electrons. The Kier molecular flexibility index (Phi) is 10.2. The number of hydrogen-bond acceptors (Lipinski definition) is 6. The van der Waals surface area contributed by atoms with Crippen LogP contribution in [0.5, 0.6) is 0 Å². The van der Waals surface area contributed by atoms with Crippen LogP contribution in [-0.2, 0) is 32.9 Å². The van der Waals surface area contributed by atoms with Crippen LogP contribution < -0.4 is 10.6 Å². The molecule has 0 spiro atoms. The lowest BCUT2D eigenvalue weighted by Crippen LogP contribution is -2.47. The van der Waals surface area contributed by atoms with E-state index in [1.165, 1.54) is 14.0 Å². The molecule has 1 saturated heterocycles. The van der Waals surface area contributed by atoms with Gasteiger partial charge < -0.3 is 25.2 Å². The number of benzene rings is 2. The average molecular weight is 568 g/mol. The minimum absolute atomic E-state index is 0.0444. The highest BCUT2D eigenvalue weighted by Gasteiger charge is 2.42. The number of aliphatic hydroxyl groups is 1. The first kappa shape index (κ1) is 30.7. The van der Waals surface area contributed by atoms with Crippen LogP contribution >= 0.6 is 0 Å². The fourth-order valence-corrected chi connectivity index (χ4v) is 5.53. The Balaban J connectivity index is 1.52. The highest BCUT2D eigenvalue weighted by molar-refractivity contribution is 5.73. The van der Waals surface area contributed by atoms with Gasteiger partial charge in [-0.2, -0.15) is 0 Å². The molecule has 2 unspecified atom stereocenters. The summed E-state index contributed by atoms with van der Waals surface area (Å²) in [5.74, 6) is -3.32. The van der Waals surface area contributed by atoms with Gasteiger partial charge in [-0.3, -0.25) is 9.78 Å². The van der Waals surface area contributed by atoms with E-state index in [0.717, 1.165) is 34.2 Å². The lowest BCUT2D eigenvalue weighted by molar-refractivity contribution is -0.119. The highest BCUT2D eigenvalue weighted by atomic mass is 19.3. The first-order valence-corrected chi connectivity index (χ1v) is 13.9. The van der Waals surface area contributed by atoms with Gasteiger partial charge in [0.1, 0.15) is 18.8 Å². The van der Waals surface area contributed by atoms with Crippen molar-refractivity contribution in [2.45, 2.75) is 50.7 Å². The Morgan fingerprint density at radius 3 is 2.71 bits per heavy atom. The molecule has 0 saturated carbocycles. The van der Waals surface area contributed by atoms with Crippen LogP contribution in [0.25, 0.3) is 11.1 Å². The van der Waals surface area contributed by atoms with Crippen molar-refractivity contribution in [2.75, 3.05) is 40.0 Å². The summed E-state index contributed by atoms with van der Waals surface area (Å²) in [6.07, 6.45) is 2.86. The summed E-state index contributed by atoms with van der Waals surface area (Å²) < 4.78 is 36.9. The number of methoxy groups -OCH3 is 1. The van der Waals surface area contributed by atoms with E-state index in [4.69, 9.17) is 4.74 Å².